The van der Waals surface area contributed by atoms with Gasteiger partial charge in [-0.05, 0) is 72.5 Å². The molecule has 0 radical (unpaired) electrons. The first kappa shape index (κ1) is 19.7. The molecular formula is C25H25N3O2. The summed E-state index contributed by atoms with van der Waals surface area (Å²) in [6, 6.07) is 19.7. The smallest absolute Gasteiger partial charge is 0.271 e. The van der Waals surface area contributed by atoms with Gasteiger partial charge in [0.15, 0.2) is 0 Å². The van der Waals surface area contributed by atoms with Crippen LogP contribution in [0.2, 0.25) is 0 Å². The lowest BCUT2D eigenvalue weighted by Gasteiger charge is -2.17. The first-order valence-electron chi connectivity index (χ1n) is 9.95. The van der Waals surface area contributed by atoms with Crippen LogP contribution in [0.5, 0.6) is 5.75 Å². The second-order valence-corrected chi connectivity index (χ2v) is 7.55. The Kier molecular flexibility index (Phi) is 5.53. The van der Waals surface area contributed by atoms with E-state index in [1.807, 2.05) is 48.5 Å². The molecule has 0 aromatic heterocycles. The van der Waals surface area contributed by atoms with Crippen LogP contribution >= 0.6 is 0 Å². The molecule has 3 aromatic carbocycles. The molecule has 30 heavy (non-hydrogen) atoms. The number of amides is 1. The molecule has 1 amide bonds. The number of carbonyl (C=O) groups is 1. The molecule has 152 valence electrons. The highest BCUT2D eigenvalue weighted by Gasteiger charge is 2.20. The summed E-state index contributed by atoms with van der Waals surface area (Å²) < 4.78 is 5.28. The Labute approximate surface area is 177 Å². The lowest BCUT2D eigenvalue weighted by Crippen LogP contribution is -2.18. The van der Waals surface area contributed by atoms with Gasteiger partial charge in [-0.1, -0.05) is 24.3 Å². The minimum absolute atomic E-state index is 0.247. The zero-order valence-corrected chi connectivity index (χ0v) is 17.5. The number of carbonyl (C=O) groups excluding carboxylic acids is 1. The van der Waals surface area contributed by atoms with E-state index >= 15 is 0 Å². The molecule has 1 heterocycles. The molecule has 5 nitrogen and oxygen atoms in total. The highest BCUT2D eigenvalue weighted by atomic mass is 16.5. The second-order valence-electron chi connectivity index (χ2n) is 7.55. The summed E-state index contributed by atoms with van der Waals surface area (Å²) in [6.45, 7) is 6.10. The summed E-state index contributed by atoms with van der Waals surface area (Å²) in [5, 5.41) is 4.05. The molecule has 0 unspecified atom stereocenters. The van der Waals surface area contributed by atoms with Gasteiger partial charge in [-0.15, -0.1) is 0 Å². The van der Waals surface area contributed by atoms with Crippen molar-refractivity contribution in [1.82, 2.24) is 5.43 Å². The highest BCUT2D eigenvalue weighted by molar-refractivity contribution is 5.95. The van der Waals surface area contributed by atoms with Gasteiger partial charge in [0.1, 0.15) is 5.75 Å². The van der Waals surface area contributed by atoms with Crippen LogP contribution in [0.4, 0.5) is 5.69 Å². The molecule has 0 aliphatic carbocycles. The van der Waals surface area contributed by atoms with E-state index in [9.17, 15) is 4.79 Å². The lowest BCUT2D eigenvalue weighted by molar-refractivity contribution is 0.0955. The van der Waals surface area contributed by atoms with E-state index in [4.69, 9.17) is 4.74 Å². The van der Waals surface area contributed by atoms with Gasteiger partial charge in [-0.2, -0.15) is 5.10 Å². The van der Waals surface area contributed by atoms with Crippen molar-refractivity contribution < 1.29 is 9.53 Å². The van der Waals surface area contributed by atoms with E-state index in [1.54, 1.807) is 13.3 Å². The summed E-state index contributed by atoms with van der Waals surface area (Å²) >= 11 is 0. The van der Waals surface area contributed by atoms with Gasteiger partial charge in [0.2, 0.25) is 0 Å². The van der Waals surface area contributed by atoms with Crippen LogP contribution in [0.3, 0.4) is 0 Å². The van der Waals surface area contributed by atoms with Crippen molar-refractivity contribution >= 4 is 17.8 Å². The van der Waals surface area contributed by atoms with Gasteiger partial charge in [0.25, 0.3) is 5.91 Å². The molecule has 0 fully saturated rings. The van der Waals surface area contributed by atoms with Crippen molar-refractivity contribution in [3.63, 3.8) is 0 Å². The maximum absolute atomic E-state index is 12.4. The Morgan fingerprint density at radius 1 is 1.00 bits per heavy atom. The standard InChI is InChI=1S/C25H25N3O2/c1-17-12-21-15-28(16-22(21)13-18(17)2)23-10-8-19(9-11-23)25(29)27-26-14-20-6-4-5-7-24(20)30-3/h4-14H,15-16H2,1-3H3,(H,27,29)/b26-14-. The summed E-state index contributed by atoms with van der Waals surface area (Å²) in [5.41, 5.74) is 10.5. The average Bonchev–Trinajstić information content (AvgIpc) is 3.17. The highest BCUT2D eigenvalue weighted by Crippen LogP contribution is 2.30. The third kappa shape index (κ3) is 4.06. The van der Waals surface area contributed by atoms with Gasteiger partial charge in [0.05, 0.1) is 13.3 Å². The number of hydrogen-bond acceptors (Lipinski definition) is 4. The molecule has 5 heteroatoms. The summed E-state index contributed by atoms with van der Waals surface area (Å²) in [7, 11) is 1.61. The lowest BCUT2D eigenvalue weighted by atomic mass is 10.0. The largest absolute Gasteiger partial charge is 0.496 e. The molecule has 0 bridgehead atoms. The average molecular weight is 399 g/mol. The van der Waals surface area contributed by atoms with Crippen LogP contribution in [0.1, 0.15) is 38.2 Å². The van der Waals surface area contributed by atoms with Crippen molar-refractivity contribution in [2.75, 3.05) is 12.0 Å². The molecule has 0 saturated carbocycles. The van der Waals surface area contributed by atoms with Crippen LogP contribution in [-0.2, 0) is 13.1 Å². The number of methoxy groups -OCH3 is 1. The Morgan fingerprint density at radius 3 is 2.27 bits per heavy atom. The Balaban J connectivity index is 1.40. The summed E-state index contributed by atoms with van der Waals surface area (Å²) in [4.78, 5) is 14.7. The predicted octanol–water partition coefficient (Wildman–Crippen LogP) is 4.60. The number of ether oxygens (including phenoxy) is 1. The van der Waals surface area contributed by atoms with Crippen LogP contribution in [0.25, 0.3) is 0 Å². The van der Waals surface area contributed by atoms with Crippen molar-refractivity contribution in [2.24, 2.45) is 5.10 Å². The number of fused-ring (bicyclic) bond motifs is 1. The number of anilines is 1. The van der Waals surface area contributed by atoms with Gasteiger partial charge in [-0.3, -0.25) is 4.79 Å². The van der Waals surface area contributed by atoms with Crippen molar-refractivity contribution in [3.8, 4) is 5.75 Å². The Morgan fingerprint density at radius 2 is 1.63 bits per heavy atom. The van der Waals surface area contributed by atoms with Crippen LogP contribution in [0, 0.1) is 13.8 Å². The van der Waals surface area contributed by atoms with Crippen LogP contribution in [-0.4, -0.2) is 19.2 Å². The van der Waals surface area contributed by atoms with E-state index in [0.717, 1.165) is 24.3 Å². The minimum Gasteiger partial charge on any atom is -0.496 e. The molecule has 3 aromatic rings. The number of aryl methyl sites for hydroxylation is 2. The minimum atomic E-state index is -0.247. The summed E-state index contributed by atoms with van der Waals surface area (Å²) in [5.74, 6) is 0.459. The molecule has 0 atom stereocenters. The van der Waals surface area contributed by atoms with Crippen LogP contribution < -0.4 is 15.1 Å². The third-order valence-electron chi connectivity index (χ3n) is 5.54. The first-order chi connectivity index (χ1) is 14.5. The number of para-hydroxylation sites is 1. The maximum atomic E-state index is 12.4. The van der Waals surface area contributed by atoms with Crippen molar-refractivity contribution in [2.45, 2.75) is 26.9 Å². The van der Waals surface area contributed by atoms with E-state index in [0.29, 0.717) is 11.3 Å². The number of nitrogens with zero attached hydrogens (tertiary/aromatic N) is 2. The number of hydrogen-bond donors (Lipinski definition) is 1. The number of nitrogens with one attached hydrogen (secondary N) is 1. The monoisotopic (exact) mass is 399 g/mol. The summed E-state index contributed by atoms with van der Waals surface area (Å²) in [6.07, 6.45) is 1.58. The molecule has 1 N–H and O–H groups in total. The van der Waals surface area contributed by atoms with E-state index in [2.05, 4.69) is 41.4 Å². The first-order valence-corrected chi connectivity index (χ1v) is 9.95. The topological polar surface area (TPSA) is 53.9 Å². The number of hydrazone groups is 1. The van der Waals surface area contributed by atoms with E-state index in [-0.39, 0.29) is 5.91 Å². The molecular weight excluding hydrogens is 374 g/mol. The second kappa shape index (κ2) is 8.41. The van der Waals surface area contributed by atoms with Gasteiger partial charge in [0, 0.05) is 29.9 Å². The van der Waals surface area contributed by atoms with Crippen LogP contribution in [0.15, 0.2) is 65.8 Å². The fourth-order valence-corrected chi connectivity index (χ4v) is 3.70. The third-order valence-corrected chi connectivity index (χ3v) is 5.54. The zero-order valence-electron chi connectivity index (χ0n) is 17.5. The maximum Gasteiger partial charge on any atom is 0.271 e. The molecule has 4 rings (SSSR count). The SMILES string of the molecule is COc1ccccc1/C=N\NC(=O)c1ccc(N2Cc3cc(C)c(C)cc3C2)cc1. The Bertz CT molecular complexity index is 1070. The van der Waals surface area contributed by atoms with Crippen molar-refractivity contribution in [3.05, 3.63) is 94.0 Å². The van der Waals surface area contributed by atoms with Crippen molar-refractivity contribution in [1.29, 1.82) is 0 Å². The van der Waals surface area contributed by atoms with E-state index in [1.165, 1.54) is 22.3 Å². The molecule has 1 aliphatic rings. The number of benzene rings is 3. The quantitative estimate of drug-likeness (QED) is 0.504. The predicted molar refractivity (Wildman–Crippen MR) is 120 cm³/mol. The molecule has 0 spiro atoms. The molecule has 0 saturated heterocycles. The van der Waals surface area contributed by atoms with E-state index < -0.39 is 0 Å². The van der Waals surface area contributed by atoms with Gasteiger partial charge >= 0.3 is 0 Å². The fourth-order valence-electron chi connectivity index (χ4n) is 3.70. The fraction of sp³-hybridized carbons (Fsp3) is 0.200. The number of rotatable bonds is 5. The van der Waals surface area contributed by atoms with Gasteiger partial charge in [-0.25, -0.2) is 5.43 Å². The zero-order chi connectivity index (χ0) is 21.1. The van der Waals surface area contributed by atoms with Gasteiger partial charge < -0.3 is 9.64 Å². The molecule has 1 aliphatic heterocycles. The normalized spacial score (nSPS) is 12.8. The Hall–Kier alpha value is -3.60.